The molecule has 10 nitrogen and oxygen atoms in total. The third-order valence-corrected chi connectivity index (χ3v) is 7.07. The standard InChI is InChI=1S/C20H25N5O5S2/c1-24(2)32(26,27)18-9-7-15(8-10-18)29-11-12-31-20-23-22-19(25(20)21)14-30-17-6-4-5-16(13-17)28-3/h4-10,13H,11-12,14,21H2,1-3H3. The van der Waals surface area contributed by atoms with Gasteiger partial charge in [-0.15, -0.1) is 10.2 Å². The summed E-state index contributed by atoms with van der Waals surface area (Å²) >= 11 is 1.39. The number of nitrogens with two attached hydrogens (primary N) is 1. The van der Waals surface area contributed by atoms with Gasteiger partial charge in [0, 0.05) is 25.9 Å². The molecule has 0 aliphatic heterocycles. The number of ether oxygens (including phenoxy) is 3. The molecule has 32 heavy (non-hydrogen) atoms. The van der Waals surface area contributed by atoms with E-state index in [-0.39, 0.29) is 11.5 Å². The molecule has 0 spiro atoms. The van der Waals surface area contributed by atoms with E-state index in [9.17, 15) is 8.42 Å². The molecule has 172 valence electrons. The number of hydrogen-bond acceptors (Lipinski definition) is 9. The Balaban J connectivity index is 1.47. The summed E-state index contributed by atoms with van der Waals surface area (Å²) in [5, 5.41) is 8.68. The van der Waals surface area contributed by atoms with Crippen molar-refractivity contribution < 1.29 is 22.6 Å². The van der Waals surface area contributed by atoms with Crippen LogP contribution in [0.25, 0.3) is 0 Å². The first kappa shape index (κ1) is 23.7. The van der Waals surface area contributed by atoms with Crippen LogP contribution in [0.2, 0.25) is 0 Å². The molecule has 0 atom stereocenters. The van der Waals surface area contributed by atoms with Crippen LogP contribution >= 0.6 is 11.8 Å². The van der Waals surface area contributed by atoms with Crippen LogP contribution in [-0.4, -0.2) is 61.2 Å². The van der Waals surface area contributed by atoms with Crippen molar-refractivity contribution in [2.75, 3.05) is 39.4 Å². The van der Waals surface area contributed by atoms with Gasteiger partial charge >= 0.3 is 0 Å². The topological polar surface area (TPSA) is 122 Å². The Morgan fingerprint density at radius 3 is 2.44 bits per heavy atom. The van der Waals surface area contributed by atoms with Gasteiger partial charge in [0.2, 0.25) is 15.2 Å². The number of thioether (sulfide) groups is 1. The van der Waals surface area contributed by atoms with Gasteiger partial charge in [-0.2, -0.15) is 0 Å². The zero-order chi connectivity index (χ0) is 23.1. The second-order valence-electron chi connectivity index (χ2n) is 6.69. The summed E-state index contributed by atoms with van der Waals surface area (Å²) in [5.41, 5.74) is 0. The molecule has 0 radical (unpaired) electrons. The van der Waals surface area contributed by atoms with E-state index >= 15 is 0 Å². The maximum absolute atomic E-state index is 12.1. The summed E-state index contributed by atoms with van der Waals surface area (Å²) in [6.45, 7) is 0.545. The Morgan fingerprint density at radius 2 is 1.75 bits per heavy atom. The lowest BCUT2D eigenvalue weighted by Gasteiger charge is -2.12. The van der Waals surface area contributed by atoms with Crippen molar-refractivity contribution in [1.82, 2.24) is 19.2 Å². The van der Waals surface area contributed by atoms with Gasteiger partial charge in [0.25, 0.3) is 0 Å². The molecule has 0 aliphatic carbocycles. The van der Waals surface area contributed by atoms with Crippen molar-refractivity contribution in [3.63, 3.8) is 0 Å². The molecule has 2 aromatic carbocycles. The second-order valence-corrected chi connectivity index (χ2v) is 9.91. The van der Waals surface area contributed by atoms with E-state index in [1.807, 2.05) is 18.2 Å². The number of benzene rings is 2. The SMILES string of the molecule is COc1cccc(OCc2nnc(SCCOc3ccc(S(=O)(=O)N(C)C)cc3)n2N)c1. The highest BCUT2D eigenvalue weighted by Crippen LogP contribution is 2.21. The van der Waals surface area contributed by atoms with Crippen LogP contribution in [-0.2, 0) is 16.6 Å². The lowest BCUT2D eigenvalue weighted by Crippen LogP contribution is -2.22. The number of nitrogen functional groups attached to an aromatic ring is 1. The monoisotopic (exact) mass is 479 g/mol. The fourth-order valence-corrected chi connectivity index (χ4v) is 4.15. The maximum Gasteiger partial charge on any atom is 0.242 e. The van der Waals surface area contributed by atoms with Crippen molar-refractivity contribution >= 4 is 21.8 Å². The molecule has 12 heteroatoms. The van der Waals surface area contributed by atoms with Crippen LogP contribution in [0.3, 0.4) is 0 Å². The Kier molecular flexibility index (Phi) is 7.83. The van der Waals surface area contributed by atoms with Gasteiger partial charge in [0.05, 0.1) is 18.6 Å². The molecule has 0 amide bonds. The molecule has 0 unspecified atom stereocenters. The normalized spacial score (nSPS) is 11.5. The largest absolute Gasteiger partial charge is 0.497 e. The molecule has 0 aliphatic rings. The molecular weight excluding hydrogens is 454 g/mol. The van der Waals surface area contributed by atoms with E-state index in [1.54, 1.807) is 25.3 Å². The minimum absolute atomic E-state index is 0.163. The Hall–Kier alpha value is -2.96. The summed E-state index contributed by atoms with van der Waals surface area (Å²) in [6, 6.07) is 13.5. The van der Waals surface area contributed by atoms with Gasteiger partial charge in [-0.1, -0.05) is 17.8 Å². The van der Waals surface area contributed by atoms with E-state index in [0.717, 1.165) is 0 Å². The molecule has 2 N–H and O–H groups in total. The zero-order valence-electron chi connectivity index (χ0n) is 18.0. The molecule has 3 aromatic rings. The fourth-order valence-electron chi connectivity index (χ4n) is 2.55. The Labute approximate surface area is 191 Å². The van der Waals surface area contributed by atoms with E-state index in [2.05, 4.69) is 10.2 Å². The predicted octanol–water partition coefficient (Wildman–Crippen LogP) is 2.00. The number of sulfonamides is 1. The first-order chi connectivity index (χ1) is 15.3. The van der Waals surface area contributed by atoms with E-state index in [0.29, 0.717) is 40.6 Å². The van der Waals surface area contributed by atoms with E-state index in [1.165, 1.54) is 47.0 Å². The van der Waals surface area contributed by atoms with Gasteiger partial charge < -0.3 is 20.1 Å². The first-order valence-electron chi connectivity index (χ1n) is 9.55. The zero-order valence-corrected chi connectivity index (χ0v) is 19.6. The minimum atomic E-state index is -3.46. The summed E-state index contributed by atoms with van der Waals surface area (Å²) in [7, 11) is 1.11. The van der Waals surface area contributed by atoms with Crippen molar-refractivity contribution in [3.8, 4) is 17.2 Å². The van der Waals surface area contributed by atoms with Crippen LogP contribution in [0, 0.1) is 0 Å². The number of methoxy groups -OCH3 is 1. The third-order valence-electron chi connectivity index (χ3n) is 4.33. The number of rotatable bonds is 11. The molecule has 1 heterocycles. The van der Waals surface area contributed by atoms with Gasteiger partial charge in [-0.25, -0.2) is 17.4 Å². The Bertz CT molecular complexity index is 1130. The molecular formula is C20H25N5O5S2. The summed E-state index contributed by atoms with van der Waals surface area (Å²) < 4.78 is 43.3. The summed E-state index contributed by atoms with van der Waals surface area (Å²) in [4.78, 5) is 0.212. The second kappa shape index (κ2) is 10.6. The molecule has 0 fully saturated rings. The lowest BCUT2D eigenvalue weighted by molar-refractivity contribution is 0.289. The van der Waals surface area contributed by atoms with E-state index in [4.69, 9.17) is 20.1 Å². The van der Waals surface area contributed by atoms with Crippen molar-refractivity contribution in [1.29, 1.82) is 0 Å². The van der Waals surface area contributed by atoms with Crippen molar-refractivity contribution in [3.05, 3.63) is 54.4 Å². The maximum atomic E-state index is 12.1. The molecule has 3 rings (SSSR count). The van der Waals surface area contributed by atoms with Gasteiger partial charge in [-0.05, 0) is 36.4 Å². The van der Waals surface area contributed by atoms with Crippen LogP contribution in [0.5, 0.6) is 17.2 Å². The molecule has 1 aromatic heterocycles. The average Bonchev–Trinajstić information content (AvgIpc) is 3.15. The first-order valence-corrected chi connectivity index (χ1v) is 12.0. The highest BCUT2D eigenvalue weighted by molar-refractivity contribution is 7.99. The van der Waals surface area contributed by atoms with Crippen LogP contribution < -0.4 is 20.1 Å². The summed E-state index contributed by atoms with van der Waals surface area (Å²) in [6.07, 6.45) is 0. The van der Waals surface area contributed by atoms with E-state index < -0.39 is 10.0 Å². The minimum Gasteiger partial charge on any atom is -0.497 e. The van der Waals surface area contributed by atoms with Gasteiger partial charge in [-0.3, -0.25) is 0 Å². The quantitative estimate of drug-likeness (QED) is 0.250. The smallest absolute Gasteiger partial charge is 0.242 e. The molecule has 0 saturated carbocycles. The lowest BCUT2D eigenvalue weighted by atomic mass is 10.3. The van der Waals surface area contributed by atoms with Crippen LogP contribution in [0.4, 0.5) is 0 Å². The average molecular weight is 480 g/mol. The fraction of sp³-hybridized carbons (Fsp3) is 0.300. The van der Waals surface area contributed by atoms with Gasteiger partial charge in [0.15, 0.2) is 5.82 Å². The highest BCUT2D eigenvalue weighted by Gasteiger charge is 2.16. The van der Waals surface area contributed by atoms with Crippen LogP contribution in [0.1, 0.15) is 5.82 Å². The van der Waals surface area contributed by atoms with Crippen molar-refractivity contribution in [2.45, 2.75) is 16.7 Å². The molecule has 0 saturated heterocycles. The Morgan fingerprint density at radius 1 is 1.03 bits per heavy atom. The number of aromatic nitrogens is 3. The highest BCUT2D eigenvalue weighted by atomic mass is 32.2. The molecule has 0 bridgehead atoms. The summed E-state index contributed by atoms with van der Waals surface area (Å²) in [5.74, 6) is 9.03. The number of hydrogen-bond donors (Lipinski definition) is 1. The van der Waals surface area contributed by atoms with Crippen LogP contribution in [0.15, 0.2) is 58.6 Å². The third kappa shape index (κ3) is 5.84. The number of nitrogens with zero attached hydrogens (tertiary/aromatic N) is 4. The predicted molar refractivity (Wildman–Crippen MR) is 121 cm³/mol. The van der Waals surface area contributed by atoms with Gasteiger partial charge in [0.1, 0.15) is 23.9 Å². The van der Waals surface area contributed by atoms with Crippen molar-refractivity contribution in [2.24, 2.45) is 0 Å².